The Hall–Kier alpha value is -2.92. The quantitative estimate of drug-likeness (QED) is 0.541. The lowest BCUT2D eigenvalue weighted by Gasteiger charge is -2.30. The van der Waals surface area contributed by atoms with Gasteiger partial charge in [-0.2, -0.15) is 0 Å². The van der Waals surface area contributed by atoms with Gasteiger partial charge in [0.25, 0.3) is 0 Å². The summed E-state index contributed by atoms with van der Waals surface area (Å²) in [5.41, 5.74) is 3.35. The molecule has 27 heavy (non-hydrogen) atoms. The third-order valence-electron chi connectivity index (χ3n) is 5.06. The van der Waals surface area contributed by atoms with Crippen LogP contribution in [0.1, 0.15) is 17.2 Å². The molecule has 0 radical (unpaired) electrons. The highest BCUT2D eigenvalue weighted by Gasteiger charge is 2.22. The zero-order valence-electron chi connectivity index (χ0n) is 14.7. The van der Waals surface area contributed by atoms with Crippen LogP contribution in [0.5, 0.6) is 0 Å². The summed E-state index contributed by atoms with van der Waals surface area (Å²) in [4.78, 5) is 6.78. The van der Waals surface area contributed by atoms with Gasteiger partial charge < -0.3 is 9.47 Å². The van der Waals surface area contributed by atoms with Crippen molar-refractivity contribution in [1.29, 1.82) is 0 Å². The number of pyridine rings is 1. The Bertz CT molecular complexity index is 1110. The SMILES string of the molecule is Clc1ccc2nccc(N3CCn4c(Cc5ccccc5)nnc4C3)c2c1. The van der Waals surface area contributed by atoms with Gasteiger partial charge in [-0.25, -0.2) is 0 Å². The maximum absolute atomic E-state index is 6.22. The van der Waals surface area contributed by atoms with E-state index in [1.165, 1.54) is 5.56 Å². The lowest BCUT2D eigenvalue weighted by molar-refractivity contribution is 0.547. The van der Waals surface area contributed by atoms with Crippen molar-refractivity contribution >= 4 is 28.2 Å². The molecule has 1 aliphatic rings. The van der Waals surface area contributed by atoms with Crippen LogP contribution < -0.4 is 4.90 Å². The van der Waals surface area contributed by atoms with Gasteiger partial charge in [-0.3, -0.25) is 4.98 Å². The summed E-state index contributed by atoms with van der Waals surface area (Å²) >= 11 is 6.22. The molecule has 0 saturated heterocycles. The molecule has 0 bridgehead atoms. The average Bonchev–Trinajstić information content (AvgIpc) is 3.10. The second-order valence-corrected chi connectivity index (χ2v) is 7.20. The van der Waals surface area contributed by atoms with Crippen LogP contribution in [0.3, 0.4) is 0 Å². The van der Waals surface area contributed by atoms with Crippen LogP contribution in [0.15, 0.2) is 60.8 Å². The first-order valence-corrected chi connectivity index (χ1v) is 9.40. The van der Waals surface area contributed by atoms with E-state index in [-0.39, 0.29) is 0 Å². The fourth-order valence-corrected chi connectivity index (χ4v) is 3.88. The van der Waals surface area contributed by atoms with E-state index in [2.05, 4.69) is 55.0 Å². The number of hydrogen-bond acceptors (Lipinski definition) is 4. The second-order valence-electron chi connectivity index (χ2n) is 6.76. The normalized spacial score (nSPS) is 13.7. The predicted molar refractivity (Wildman–Crippen MR) is 107 cm³/mol. The Kier molecular flexibility index (Phi) is 4.02. The molecule has 0 atom stereocenters. The van der Waals surface area contributed by atoms with Crippen molar-refractivity contribution in [2.75, 3.05) is 11.4 Å². The molecule has 6 heteroatoms. The topological polar surface area (TPSA) is 46.8 Å². The van der Waals surface area contributed by atoms with Gasteiger partial charge >= 0.3 is 0 Å². The Labute approximate surface area is 162 Å². The first-order valence-electron chi connectivity index (χ1n) is 9.02. The van der Waals surface area contributed by atoms with Crippen molar-refractivity contribution in [3.05, 3.63) is 83.0 Å². The molecule has 5 rings (SSSR count). The minimum absolute atomic E-state index is 0.724. The molecule has 2 aromatic heterocycles. The fourth-order valence-electron chi connectivity index (χ4n) is 3.71. The van der Waals surface area contributed by atoms with Crippen molar-refractivity contribution in [2.24, 2.45) is 0 Å². The Morgan fingerprint density at radius 1 is 0.963 bits per heavy atom. The predicted octanol–water partition coefficient (Wildman–Crippen LogP) is 4.09. The van der Waals surface area contributed by atoms with Crippen LogP contribution in [-0.4, -0.2) is 26.3 Å². The Morgan fingerprint density at radius 2 is 1.85 bits per heavy atom. The zero-order chi connectivity index (χ0) is 18.2. The van der Waals surface area contributed by atoms with Gasteiger partial charge in [0, 0.05) is 41.8 Å². The van der Waals surface area contributed by atoms with Gasteiger partial charge in [0.2, 0.25) is 0 Å². The standard InChI is InChI=1S/C21H18ClN5/c22-16-6-7-18-17(13-16)19(8-9-23-18)26-10-11-27-20(24-25-21(27)14-26)12-15-4-2-1-3-5-15/h1-9,13H,10-12,14H2. The van der Waals surface area contributed by atoms with Gasteiger partial charge in [0.1, 0.15) is 5.82 Å². The van der Waals surface area contributed by atoms with E-state index in [0.29, 0.717) is 0 Å². The molecular weight excluding hydrogens is 358 g/mol. The van der Waals surface area contributed by atoms with E-state index in [4.69, 9.17) is 11.6 Å². The number of nitrogens with zero attached hydrogens (tertiary/aromatic N) is 5. The first-order chi connectivity index (χ1) is 13.3. The molecule has 3 heterocycles. The van der Waals surface area contributed by atoms with Gasteiger partial charge in [-0.05, 0) is 29.8 Å². The number of anilines is 1. The van der Waals surface area contributed by atoms with Crippen molar-refractivity contribution in [3.8, 4) is 0 Å². The van der Waals surface area contributed by atoms with E-state index in [1.54, 1.807) is 0 Å². The second kappa shape index (κ2) is 6.67. The fraction of sp³-hybridized carbons (Fsp3) is 0.190. The van der Waals surface area contributed by atoms with Crippen molar-refractivity contribution in [1.82, 2.24) is 19.7 Å². The van der Waals surface area contributed by atoms with E-state index in [1.807, 2.05) is 30.5 Å². The molecule has 0 amide bonds. The number of rotatable bonds is 3. The summed E-state index contributed by atoms with van der Waals surface area (Å²) in [5.74, 6) is 2.03. The third kappa shape index (κ3) is 3.04. The van der Waals surface area contributed by atoms with Crippen LogP contribution >= 0.6 is 11.6 Å². The molecule has 0 spiro atoms. The number of hydrogen-bond donors (Lipinski definition) is 0. The largest absolute Gasteiger partial charge is 0.362 e. The Balaban J connectivity index is 1.45. The van der Waals surface area contributed by atoms with E-state index in [0.717, 1.165) is 59.3 Å². The number of halogens is 1. The number of benzene rings is 2. The molecule has 0 N–H and O–H groups in total. The maximum Gasteiger partial charge on any atom is 0.152 e. The minimum Gasteiger partial charge on any atom is -0.362 e. The van der Waals surface area contributed by atoms with Crippen LogP contribution in [-0.2, 0) is 19.5 Å². The summed E-state index contributed by atoms with van der Waals surface area (Å²) in [6, 6.07) is 18.3. The highest BCUT2D eigenvalue weighted by atomic mass is 35.5. The van der Waals surface area contributed by atoms with Crippen molar-refractivity contribution in [3.63, 3.8) is 0 Å². The van der Waals surface area contributed by atoms with E-state index < -0.39 is 0 Å². The summed E-state index contributed by atoms with van der Waals surface area (Å²) in [6.45, 7) is 2.50. The number of aromatic nitrogens is 4. The number of fused-ring (bicyclic) bond motifs is 2. The molecule has 5 nitrogen and oxygen atoms in total. The van der Waals surface area contributed by atoms with Crippen LogP contribution in [0.2, 0.25) is 5.02 Å². The molecule has 4 aromatic rings. The van der Waals surface area contributed by atoms with Crippen molar-refractivity contribution < 1.29 is 0 Å². The van der Waals surface area contributed by atoms with E-state index >= 15 is 0 Å². The minimum atomic E-state index is 0.724. The lowest BCUT2D eigenvalue weighted by Crippen LogP contribution is -2.34. The molecule has 1 aliphatic heterocycles. The molecule has 0 fully saturated rings. The highest BCUT2D eigenvalue weighted by molar-refractivity contribution is 6.31. The van der Waals surface area contributed by atoms with Gasteiger partial charge in [0.15, 0.2) is 5.82 Å². The monoisotopic (exact) mass is 375 g/mol. The molecule has 134 valence electrons. The Morgan fingerprint density at radius 3 is 2.74 bits per heavy atom. The van der Waals surface area contributed by atoms with E-state index in [9.17, 15) is 0 Å². The molecule has 0 aliphatic carbocycles. The maximum atomic E-state index is 6.22. The smallest absolute Gasteiger partial charge is 0.152 e. The van der Waals surface area contributed by atoms with Crippen LogP contribution in [0.25, 0.3) is 10.9 Å². The summed E-state index contributed by atoms with van der Waals surface area (Å²) in [5, 5.41) is 10.7. The van der Waals surface area contributed by atoms with Gasteiger partial charge in [-0.15, -0.1) is 10.2 Å². The average molecular weight is 376 g/mol. The molecular formula is C21H18ClN5. The first kappa shape index (κ1) is 16.3. The molecule has 2 aromatic carbocycles. The van der Waals surface area contributed by atoms with Gasteiger partial charge in [-0.1, -0.05) is 41.9 Å². The molecule has 0 saturated carbocycles. The lowest BCUT2D eigenvalue weighted by atomic mass is 10.1. The van der Waals surface area contributed by atoms with Gasteiger partial charge in [0.05, 0.1) is 12.1 Å². The summed E-state index contributed by atoms with van der Waals surface area (Å²) in [6.07, 6.45) is 2.66. The van der Waals surface area contributed by atoms with Crippen LogP contribution in [0.4, 0.5) is 5.69 Å². The third-order valence-corrected chi connectivity index (χ3v) is 5.29. The molecule has 0 unspecified atom stereocenters. The zero-order valence-corrected chi connectivity index (χ0v) is 15.5. The van der Waals surface area contributed by atoms with Crippen LogP contribution in [0, 0.1) is 0 Å². The highest BCUT2D eigenvalue weighted by Crippen LogP contribution is 2.30. The van der Waals surface area contributed by atoms with Crippen molar-refractivity contribution in [2.45, 2.75) is 19.5 Å². The summed E-state index contributed by atoms with van der Waals surface area (Å²) in [7, 11) is 0. The summed E-state index contributed by atoms with van der Waals surface area (Å²) < 4.78 is 2.25.